The normalized spacial score (nSPS) is 11.3. The van der Waals surface area contributed by atoms with Gasteiger partial charge in [-0.3, -0.25) is 0 Å². The number of fused-ring (bicyclic) bond motifs is 2. The first kappa shape index (κ1) is 40.0. The molecule has 4 heterocycles. The number of carboxylic acids is 1. The standard InChI is InChI=1S/C23H21FN2O4.C19H13FN2O4.ClH/c1-12-6-7-13(2)19-16(12)11-18(28-19)20-25-21(30-26-20)14-8-9-15(17(24)10-14)22(27)29-23(3,4)5;1-9-3-4-10(2)16-13(9)8-15(25-16)17-21-18(26-22-17)11-5-6-12(19(23)24)14(20)7-11;/h6-11H,1-5H3;3-8H,1-2H3,(H,23,24);1H. The first-order valence-corrected chi connectivity index (χ1v) is 17.3. The number of carbonyl (C=O) groups is 2. The van der Waals surface area contributed by atoms with Gasteiger partial charge in [0.1, 0.15) is 28.4 Å². The molecule has 0 fully saturated rings. The van der Waals surface area contributed by atoms with Gasteiger partial charge in [-0.2, -0.15) is 9.97 Å². The highest BCUT2D eigenvalue weighted by Gasteiger charge is 2.23. The summed E-state index contributed by atoms with van der Waals surface area (Å²) in [5, 5.41) is 18.7. The highest BCUT2D eigenvalue weighted by Crippen LogP contribution is 2.33. The molecule has 0 atom stereocenters. The number of aromatic nitrogens is 4. The van der Waals surface area contributed by atoms with E-state index in [-0.39, 0.29) is 47.0 Å². The van der Waals surface area contributed by atoms with Gasteiger partial charge in [-0.05, 0) is 119 Å². The van der Waals surface area contributed by atoms with Crippen LogP contribution in [0.1, 0.15) is 63.7 Å². The summed E-state index contributed by atoms with van der Waals surface area (Å²) >= 11 is 0. The van der Waals surface area contributed by atoms with Crippen LogP contribution in [0.4, 0.5) is 8.78 Å². The molecule has 0 bridgehead atoms. The minimum atomic E-state index is -1.34. The molecule has 4 aromatic carbocycles. The van der Waals surface area contributed by atoms with Crippen LogP contribution in [0, 0.1) is 39.3 Å². The number of furan rings is 2. The number of nitrogens with zero attached hydrogens (tertiary/aromatic N) is 4. The lowest BCUT2D eigenvalue weighted by Crippen LogP contribution is -2.24. The van der Waals surface area contributed by atoms with Crippen molar-refractivity contribution in [2.75, 3.05) is 0 Å². The molecule has 0 spiro atoms. The van der Waals surface area contributed by atoms with Gasteiger partial charge in [0.15, 0.2) is 11.5 Å². The van der Waals surface area contributed by atoms with Gasteiger partial charge in [-0.15, -0.1) is 12.4 Å². The number of rotatable bonds is 6. The summed E-state index contributed by atoms with van der Waals surface area (Å²) in [6.45, 7) is 13.1. The Kier molecular flexibility index (Phi) is 10.9. The molecule has 292 valence electrons. The lowest BCUT2D eigenvalue weighted by atomic mass is 10.1. The molecule has 0 saturated heterocycles. The summed E-state index contributed by atoms with van der Waals surface area (Å²) in [6, 6.07) is 19.3. The molecule has 12 nitrogen and oxygen atoms in total. The Morgan fingerprint density at radius 3 is 1.44 bits per heavy atom. The van der Waals surface area contributed by atoms with Crippen molar-refractivity contribution in [2.45, 2.75) is 54.1 Å². The number of aromatic carboxylic acids is 1. The average molecular weight is 797 g/mol. The minimum Gasteiger partial charge on any atom is -0.478 e. The second-order valence-corrected chi connectivity index (χ2v) is 14.1. The number of carboxylic acid groups (broad SMARTS) is 1. The predicted octanol–water partition coefficient (Wildman–Crippen LogP) is 10.9. The van der Waals surface area contributed by atoms with E-state index in [1.54, 1.807) is 20.8 Å². The zero-order valence-corrected chi connectivity index (χ0v) is 32.5. The summed E-state index contributed by atoms with van der Waals surface area (Å²) in [7, 11) is 0. The van der Waals surface area contributed by atoms with Crippen LogP contribution in [0.2, 0.25) is 0 Å². The first-order valence-electron chi connectivity index (χ1n) is 17.3. The van der Waals surface area contributed by atoms with Gasteiger partial charge >= 0.3 is 11.9 Å². The Morgan fingerprint density at radius 1 is 0.632 bits per heavy atom. The molecule has 57 heavy (non-hydrogen) atoms. The van der Waals surface area contributed by atoms with Gasteiger partial charge in [0.25, 0.3) is 11.8 Å². The molecule has 8 rings (SSSR count). The fraction of sp³-hybridized carbons (Fsp3) is 0.190. The summed E-state index contributed by atoms with van der Waals surface area (Å²) in [6.07, 6.45) is 0. The molecule has 15 heteroatoms. The Balaban J connectivity index is 0.000000191. The average Bonchev–Trinajstić information content (AvgIpc) is 3.96. The van der Waals surface area contributed by atoms with Crippen LogP contribution in [0.3, 0.4) is 0 Å². The summed E-state index contributed by atoms with van der Waals surface area (Å²) in [4.78, 5) is 31.6. The molecule has 0 saturated carbocycles. The van der Waals surface area contributed by atoms with E-state index >= 15 is 0 Å². The van der Waals surface area contributed by atoms with Crippen LogP contribution >= 0.6 is 12.4 Å². The third-order valence-electron chi connectivity index (χ3n) is 8.77. The number of aryl methyl sites for hydroxylation is 4. The van der Waals surface area contributed by atoms with Crippen LogP contribution in [-0.2, 0) is 4.74 Å². The smallest absolute Gasteiger partial charge is 0.341 e. The molecule has 8 aromatic rings. The predicted molar refractivity (Wildman–Crippen MR) is 208 cm³/mol. The van der Waals surface area contributed by atoms with Gasteiger partial charge in [0, 0.05) is 21.9 Å². The molecular formula is C42H35ClF2N4O8. The Morgan fingerprint density at radius 2 is 1.05 bits per heavy atom. The Bertz CT molecular complexity index is 2730. The maximum atomic E-state index is 14.5. The van der Waals surface area contributed by atoms with E-state index in [2.05, 4.69) is 20.3 Å². The van der Waals surface area contributed by atoms with E-state index in [4.69, 9.17) is 27.7 Å². The maximum Gasteiger partial charge on any atom is 0.341 e. The number of ether oxygens (including phenoxy) is 1. The van der Waals surface area contributed by atoms with Crippen molar-refractivity contribution in [3.8, 4) is 46.1 Å². The molecular weight excluding hydrogens is 762 g/mol. The van der Waals surface area contributed by atoms with E-state index in [0.717, 1.165) is 56.3 Å². The van der Waals surface area contributed by atoms with Gasteiger partial charge in [0.05, 0.1) is 11.1 Å². The van der Waals surface area contributed by atoms with Crippen molar-refractivity contribution >= 4 is 46.3 Å². The van der Waals surface area contributed by atoms with Crippen molar-refractivity contribution in [1.29, 1.82) is 0 Å². The quantitative estimate of drug-likeness (QED) is 0.158. The zero-order valence-electron chi connectivity index (χ0n) is 31.7. The second-order valence-electron chi connectivity index (χ2n) is 14.1. The van der Waals surface area contributed by atoms with E-state index in [9.17, 15) is 18.4 Å². The minimum absolute atomic E-state index is 0. The third kappa shape index (κ3) is 8.17. The topological polar surface area (TPSA) is 168 Å². The van der Waals surface area contributed by atoms with Crippen LogP contribution in [0.15, 0.2) is 90.7 Å². The lowest BCUT2D eigenvalue weighted by Gasteiger charge is -2.19. The number of carbonyl (C=O) groups excluding carboxylic acids is 1. The maximum absolute atomic E-state index is 14.5. The molecule has 0 aliphatic heterocycles. The van der Waals surface area contributed by atoms with Crippen molar-refractivity contribution < 1.29 is 46.1 Å². The lowest BCUT2D eigenvalue weighted by molar-refractivity contribution is 0.00644. The zero-order chi connectivity index (χ0) is 40.1. The van der Waals surface area contributed by atoms with Crippen molar-refractivity contribution in [2.24, 2.45) is 0 Å². The fourth-order valence-corrected chi connectivity index (χ4v) is 5.86. The van der Waals surface area contributed by atoms with Crippen LogP contribution < -0.4 is 0 Å². The second kappa shape index (κ2) is 15.5. The number of hydrogen-bond donors (Lipinski definition) is 1. The number of esters is 1. The van der Waals surface area contributed by atoms with Gasteiger partial charge in [-0.1, -0.05) is 34.6 Å². The molecule has 0 aliphatic carbocycles. The Hall–Kier alpha value is -6.67. The third-order valence-corrected chi connectivity index (χ3v) is 8.77. The molecule has 4 aromatic heterocycles. The first-order chi connectivity index (χ1) is 26.6. The van der Waals surface area contributed by atoms with Gasteiger partial charge in [-0.25, -0.2) is 18.4 Å². The molecule has 0 aliphatic rings. The van der Waals surface area contributed by atoms with Crippen molar-refractivity contribution in [3.05, 3.63) is 118 Å². The van der Waals surface area contributed by atoms with E-state index in [0.29, 0.717) is 17.1 Å². The van der Waals surface area contributed by atoms with E-state index < -0.39 is 34.7 Å². The van der Waals surface area contributed by atoms with Crippen molar-refractivity contribution in [1.82, 2.24) is 20.3 Å². The highest BCUT2D eigenvalue weighted by molar-refractivity contribution is 5.91. The molecule has 0 radical (unpaired) electrons. The van der Waals surface area contributed by atoms with Crippen LogP contribution in [0.25, 0.3) is 68.0 Å². The van der Waals surface area contributed by atoms with Gasteiger partial charge < -0.3 is 27.7 Å². The van der Waals surface area contributed by atoms with E-state index in [1.807, 2.05) is 64.1 Å². The SMILES string of the molecule is Cc1ccc(C)c2oc(-c3noc(-c4ccc(C(=O)O)c(F)c4)n3)cc12.Cc1ccc(C)c2oc(-c3noc(-c4ccc(C(=O)OC(C)(C)C)c(F)c4)n3)cc12.Cl. The summed E-state index contributed by atoms with van der Waals surface area (Å²) < 4.78 is 55.8. The number of hydrogen-bond acceptors (Lipinski definition) is 11. The van der Waals surface area contributed by atoms with E-state index in [1.165, 1.54) is 24.3 Å². The van der Waals surface area contributed by atoms with Gasteiger partial charge in [0.2, 0.25) is 11.6 Å². The number of halogens is 3. The van der Waals surface area contributed by atoms with Crippen molar-refractivity contribution in [3.63, 3.8) is 0 Å². The molecule has 1 N–H and O–H groups in total. The summed E-state index contributed by atoms with van der Waals surface area (Å²) in [5.74, 6) is -2.08. The van der Waals surface area contributed by atoms with Crippen LogP contribution in [-0.4, -0.2) is 42.9 Å². The number of benzene rings is 4. The summed E-state index contributed by atoms with van der Waals surface area (Å²) in [5.41, 5.74) is 5.01. The van der Waals surface area contributed by atoms with Crippen LogP contribution in [0.5, 0.6) is 0 Å². The highest BCUT2D eigenvalue weighted by atomic mass is 35.5. The fourth-order valence-electron chi connectivity index (χ4n) is 5.86. The Labute approximate surface area is 329 Å². The monoisotopic (exact) mass is 796 g/mol. The largest absolute Gasteiger partial charge is 0.478 e. The molecule has 0 unspecified atom stereocenters. The molecule has 0 amide bonds.